The van der Waals surface area contributed by atoms with Gasteiger partial charge in [0.05, 0.1) is 5.02 Å². The molecule has 2 aliphatic rings. The fourth-order valence-electron chi connectivity index (χ4n) is 4.57. The van der Waals surface area contributed by atoms with Gasteiger partial charge in [0, 0.05) is 12.6 Å². The molecule has 2 fully saturated rings. The number of hydrogen-bond acceptors (Lipinski definition) is 2. The summed E-state index contributed by atoms with van der Waals surface area (Å²) >= 11 is 12.1. The van der Waals surface area contributed by atoms with Gasteiger partial charge in [0.25, 0.3) is 5.91 Å². The Balaban J connectivity index is 1.67. The van der Waals surface area contributed by atoms with Crippen molar-refractivity contribution in [2.75, 3.05) is 13.2 Å². The second-order valence-electron chi connectivity index (χ2n) is 8.08. The van der Waals surface area contributed by atoms with Crippen LogP contribution >= 0.6 is 23.2 Å². The minimum absolute atomic E-state index is 0.00701. The van der Waals surface area contributed by atoms with Crippen molar-refractivity contribution in [2.45, 2.75) is 46.1 Å². The summed E-state index contributed by atoms with van der Waals surface area (Å²) in [7, 11) is 0. The molecular weight excluding hydrogens is 333 g/mol. The first kappa shape index (κ1) is 16.9. The van der Waals surface area contributed by atoms with E-state index in [0.717, 1.165) is 19.4 Å². The Labute approximate surface area is 147 Å². The molecule has 1 saturated carbocycles. The summed E-state index contributed by atoms with van der Waals surface area (Å²) in [4.78, 5) is 14.6. The average molecular weight is 356 g/mol. The number of hydrogen-bond donors (Lipinski definition) is 0. The van der Waals surface area contributed by atoms with Crippen molar-refractivity contribution in [1.82, 2.24) is 4.90 Å². The van der Waals surface area contributed by atoms with Gasteiger partial charge in [0.15, 0.2) is 6.61 Å². The standard InChI is InChI=1S/C18H23Cl2NO2/c1-17(2)7-12-8-18(3,10-17)11-21(12)15(22)9-23-14-6-4-5-13(19)16(14)20/h4-6,12H,7-11H2,1-3H3. The summed E-state index contributed by atoms with van der Waals surface area (Å²) in [5, 5.41) is 0.790. The highest BCUT2D eigenvalue weighted by Gasteiger charge is 2.50. The van der Waals surface area contributed by atoms with Gasteiger partial charge in [-0.2, -0.15) is 0 Å². The predicted molar refractivity (Wildman–Crippen MR) is 93.2 cm³/mol. The lowest BCUT2D eigenvalue weighted by molar-refractivity contribution is -0.134. The highest BCUT2D eigenvalue weighted by molar-refractivity contribution is 6.42. The summed E-state index contributed by atoms with van der Waals surface area (Å²) in [5.74, 6) is 0.494. The molecule has 3 rings (SSSR count). The lowest BCUT2D eigenvalue weighted by Crippen LogP contribution is -2.40. The van der Waals surface area contributed by atoms with E-state index in [-0.39, 0.29) is 17.9 Å². The number of rotatable bonds is 3. The largest absolute Gasteiger partial charge is 0.482 e. The van der Waals surface area contributed by atoms with E-state index < -0.39 is 0 Å². The van der Waals surface area contributed by atoms with Crippen molar-refractivity contribution < 1.29 is 9.53 Å². The fraction of sp³-hybridized carbons (Fsp3) is 0.611. The van der Waals surface area contributed by atoms with Gasteiger partial charge < -0.3 is 9.64 Å². The van der Waals surface area contributed by atoms with Crippen LogP contribution in [0.4, 0.5) is 0 Å². The number of ether oxygens (including phenoxy) is 1. The first-order valence-electron chi connectivity index (χ1n) is 8.05. The molecule has 1 aliphatic carbocycles. The lowest BCUT2D eigenvalue weighted by Gasteiger charge is -2.39. The van der Waals surface area contributed by atoms with Gasteiger partial charge >= 0.3 is 0 Å². The van der Waals surface area contributed by atoms with Gasteiger partial charge in [0.1, 0.15) is 10.8 Å². The van der Waals surface area contributed by atoms with E-state index in [2.05, 4.69) is 20.8 Å². The van der Waals surface area contributed by atoms with Crippen molar-refractivity contribution in [3.63, 3.8) is 0 Å². The Kier molecular flexibility index (Phi) is 4.31. The number of carbonyl (C=O) groups is 1. The van der Waals surface area contributed by atoms with Crippen LogP contribution in [-0.2, 0) is 4.79 Å². The average Bonchev–Trinajstić information content (AvgIpc) is 2.69. The number of benzene rings is 1. The molecule has 1 amide bonds. The maximum absolute atomic E-state index is 12.6. The van der Waals surface area contributed by atoms with Crippen molar-refractivity contribution in [2.24, 2.45) is 10.8 Å². The van der Waals surface area contributed by atoms with Crippen LogP contribution in [0.25, 0.3) is 0 Å². The molecule has 0 radical (unpaired) electrons. The molecule has 3 nitrogen and oxygen atoms in total. The molecule has 1 aromatic rings. The molecule has 5 heteroatoms. The van der Waals surface area contributed by atoms with Crippen LogP contribution < -0.4 is 4.74 Å². The SMILES string of the molecule is CC1(C)CC2CC(C)(CN2C(=O)COc2cccc(Cl)c2Cl)C1. The van der Waals surface area contributed by atoms with Gasteiger partial charge in [0.2, 0.25) is 0 Å². The van der Waals surface area contributed by atoms with Crippen molar-refractivity contribution >= 4 is 29.1 Å². The van der Waals surface area contributed by atoms with E-state index in [1.807, 2.05) is 4.90 Å². The maximum atomic E-state index is 12.6. The monoisotopic (exact) mass is 355 g/mol. The second-order valence-corrected chi connectivity index (χ2v) is 8.86. The third kappa shape index (κ3) is 3.46. The molecule has 0 aromatic heterocycles. The van der Waals surface area contributed by atoms with E-state index >= 15 is 0 Å². The van der Waals surface area contributed by atoms with Crippen molar-refractivity contribution in [1.29, 1.82) is 0 Å². The molecule has 1 heterocycles. The molecule has 126 valence electrons. The number of amides is 1. The third-order valence-corrected chi connectivity index (χ3v) is 5.80. The van der Waals surface area contributed by atoms with Crippen LogP contribution in [0.3, 0.4) is 0 Å². The Bertz CT molecular complexity index is 631. The topological polar surface area (TPSA) is 29.5 Å². The summed E-state index contributed by atoms with van der Waals surface area (Å²) in [6.07, 6.45) is 3.33. The van der Waals surface area contributed by atoms with Gasteiger partial charge in [-0.3, -0.25) is 4.79 Å². The Morgan fingerprint density at radius 2 is 2.04 bits per heavy atom. The molecule has 0 spiro atoms. The lowest BCUT2D eigenvalue weighted by atomic mass is 9.65. The normalized spacial score (nSPS) is 28.7. The maximum Gasteiger partial charge on any atom is 0.260 e. The predicted octanol–water partition coefficient (Wildman–Crippen LogP) is 4.80. The molecule has 0 N–H and O–H groups in total. The highest BCUT2D eigenvalue weighted by Crippen LogP contribution is 2.52. The summed E-state index contributed by atoms with van der Waals surface area (Å²) in [6, 6.07) is 5.52. The van der Waals surface area contributed by atoms with Crippen LogP contribution in [0, 0.1) is 10.8 Å². The first-order valence-corrected chi connectivity index (χ1v) is 8.81. The molecule has 23 heavy (non-hydrogen) atoms. The molecular formula is C18H23Cl2NO2. The Hall–Kier alpha value is -0.930. The summed E-state index contributed by atoms with van der Waals surface area (Å²) in [6.45, 7) is 7.73. The molecule has 1 aromatic carbocycles. The molecule has 1 saturated heterocycles. The Morgan fingerprint density at radius 3 is 2.78 bits per heavy atom. The second kappa shape index (κ2) is 5.86. The zero-order valence-corrected chi connectivity index (χ0v) is 15.4. The zero-order valence-electron chi connectivity index (χ0n) is 13.9. The zero-order chi connectivity index (χ0) is 16.8. The highest BCUT2D eigenvalue weighted by atomic mass is 35.5. The summed E-state index contributed by atoms with van der Waals surface area (Å²) < 4.78 is 5.62. The van der Waals surface area contributed by atoms with E-state index in [0.29, 0.717) is 27.3 Å². The summed E-state index contributed by atoms with van der Waals surface area (Å²) in [5.41, 5.74) is 0.527. The number of carbonyl (C=O) groups excluding carboxylic acids is 1. The smallest absolute Gasteiger partial charge is 0.260 e. The van der Waals surface area contributed by atoms with Gasteiger partial charge in [-0.05, 0) is 42.2 Å². The third-order valence-electron chi connectivity index (χ3n) is 5.00. The van der Waals surface area contributed by atoms with Crippen LogP contribution in [0.15, 0.2) is 18.2 Å². The number of nitrogens with zero attached hydrogens (tertiary/aromatic N) is 1. The minimum atomic E-state index is 0.00701. The first-order chi connectivity index (χ1) is 10.7. The van der Waals surface area contributed by atoms with Crippen molar-refractivity contribution in [3.05, 3.63) is 28.2 Å². The number of likely N-dealkylation sites (tertiary alicyclic amines) is 1. The minimum Gasteiger partial charge on any atom is -0.482 e. The van der Waals surface area contributed by atoms with Crippen LogP contribution in [0.5, 0.6) is 5.75 Å². The van der Waals surface area contributed by atoms with Crippen LogP contribution in [0.2, 0.25) is 10.0 Å². The quantitative estimate of drug-likeness (QED) is 0.779. The number of halogens is 2. The number of fused-ring (bicyclic) bond motifs is 2. The van der Waals surface area contributed by atoms with E-state index in [9.17, 15) is 4.79 Å². The van der Waals surface area contributed by atoms with Crippen LogP contribution in [0.1, 0.15) is 40.0 Å². The van der Waals surface area contributed by atoms with E-state index in [1.54, 1.807) is 18.2 Å². The molecule has 2 unspecified atom stereocenters. The van der Waals surface area contributed by atoms with Gasteiger partial charge in [-0.15, -0.1) is 0 Å². The van der Waals surface area contributed by atoms with E-state index in [1.165, 1.54) is 6.42 Å². The fourth-order valence-corrected chi connectivity index (χ4v) is 4.92. The Morgan fingerprint density at radius 1 is 1.30 bits per heavy atom. The molecule has 2 bridgehead atoms. The van der Waals surface area contributed by atoms with Gasteiger partial charge in [-0.25, -0.2) is 0 Å². The molecule has 1 aliphatic heterocycles. The van der Waals surface area contributed by atoms with Crippen molar-refractivity contribution in [3.8, 4) is 5.75 Å². The molecule has 2 atom stereocenters. The van der Waals surface area contributed by atoms with E-state index in [4.69, 9.17) is 27.9 Å². The van der Waals surface area contributed by atoms with Gasteiger partial charge in [-0.1, -0.05) is 50.0 Å². The van der Waals surface area contributed by atoms with Crippen LogP contribution in [-0.4, -0.2) is 30.0 Å².